The topological polar surface area (TPSA) is 0 Å². The number of aryl methyl sites for hydroxylation is 1. The van der Waals surface area contributed by atoms with Gasteiger partial charge in [-0.1, -0.05) is 55.8 Å². The Kier molecular flexibility index (Phi) is 3.50. The molecule has 0 saturated heterocycles. The Morgan fingerprint density at radius 3 is 2.40 bits per heavy atom. The Morgan fingerprint density at radius 1 is 0.720 bits per heavy atom. The number of unbranched alkanes of at least 4 members (excludes halogenated alkanes) is 1. The van der Waals surface area contributed by atoms with Gasteiger partial charge in [-0.25, -0.2) is 0 Å². The molecule has 4 aromatic carbocycles. The predicted octanol–water partition coefficient (Wildman–Crippen LogP) is 7.70. The summed E-state index contributed by atoms with van der Waals surface area (Å²) in [5.74, 6) is 0. The lowest BCUT2D eigenvalue weighted by Crippen LogP contribution is -1.83. The molecule has 0 aliphatic carbocycles. The maximum atomic E-state index is 2.41. The molecule has 1 aromatic heterocycles. The van der Waals surface area contributed by atoms with Gasteiger partial charge < -0.3 is 0 Å². The van der Waals surface area contributed by atoms with E-state index in [0.29, 0.717) is 0 Å². The van der Waals surface area contributed by atoms with Crippen molar-refractivity contribution in [1.29, 1.82) is 0 Å². The third-order valence-electron chi connectivity index (χ3n) is 5.20. The first kappa shape index (κ1) is 14.9. The lowest BCUT2D eigenvalue weighted by molar-refractivity contribution is 0.796. The third kappa shape index (κ3) is 2.42. The molecule has 0 saturated carbocycles. The second kappa shape index (κ2) is 5.86. The lowest BCUT2D eigenvalue weighted by atomic mass is 9.99. The van der Waals surface area contributed by atoms with Crippen LogP contribution < -0.4 is 0 Å². The van der Waals surface area contributed by atoms with Crippen molar-refractivity contribution in [1.82, 2.24) is 0 Å². The highest BCUT2D eigenvalue weighted by Crippen LogP contribution is 2.40. The zero-order chi connectivity index (χ0) is 16.8. The van der Waals surface area contributed by atoms with Crippen LogP contribution in [0.2, 0.25) is 0 Å². The van der Waals surface area contributed by atoms with Crippen LogP contribution in [0.3, 0.4) is 0 Å². The molecular formula is C24H20S. The van der Waals surface area contributed by atoms with Crippen molar-refractivity contribution in [3.63, 3.8) is 0 Å². The SMILES string of the molecule is CCCCc1ccc2c(c1)sc1ccc3cc4ccccc4cc3c12. The normalized spacial score (nSPS) is 11.9. The number of hydrogen-bond acceptors (Lipinski definition) is 1. The maximum Gasteiger partial charge on any atom is 0.0361 e. The molecule has 0 fully saturated rings. The van der Waals surface area contributed by atoms with Crippen LogP contribution in [-0.4, -0.2) is 0 Å². The molecule has 25 heavy (non-hydrogen) atoms. The van der Waals surface area contributed by atoms with E-state index in [0.717, 1.165) is 0 Å². The molecule has 0 aliphatic rings. The number of thiophene rings is 1. The van der Waals surface area contributed by atoms with Crippen LogP contribution >= 0.6 is 11.3 Å². The second-order valence-electron chi connectivity index (χ2n) is 6.90. The molecule has 0 nitrogen and oxygen atoms in total. The summed E-state index contributed by atoms with van der Waals surface area (Å²) >= 11 is 1.93. The zero-order valence-corrected chi connectivity index (χ0v) is 15.2. The quantitative estimate of drug-likeness (QED) is 0.295. The molecule has 0 spiro atoms. The van der Waals surface area contributed by atoms with Crippen LogP contribution in [0.15, 0.2) is 66.7 Å². The molecule has 0 amide bonds. The summed E-state index contributed by atoms with van der Waals surface area (Å²) in [6.07, 6.45) is 3.71. The van der Waals surface area contributed by atoms with Gasteiger partial charge in [-0.3, -0.25) is 0 Å². The van der Waals surface area contributed by atoms with Crippen LogP contribution in [0.25, 0.3) is 41.7 Å². The van der Waals surface area contributed by atoms with Gasteiger partial charge in [0.05, 0.1) is 0 Å². The van der Waals surface area contributed by atoms with Crippen molar-refractivity contribution in [3.05, 3.63) is 72.3 Å². The van der Waals surface area contributed by atoms with E-state index in [9.17, 15) is 0 Å². The maximum absolute atomic E-state index is 2.41. The fraction of sp³-hybridized carbons (Fsp3) is 0.167. The minimum atomic E-state index is 1.19. The number of rotatable bonds is 3. The molecule has 122 valence electrons. The van der Waals surface area contributed by atoms with Crippen molar-refractivity contribution in [2.24, 2.45) is 0 Å². The van der Waals surface area contributed by atoms with Gasteiger partial charge in [0.2, 0.25) is 0 Å². The van der Waals surface area contributed by atoms with Crippen molar-refractivity contribution in [3.8, 4) is 0 Å². The van der Waals surface area contributed by atoms with Gasteiger partial charge in [0.1, 0.15) is 0 Å². The molecule has 0 radical (unpaired) electrons. The minimum Gasteiger partial charge on any atom is -0.135 e. The first-order chi connectivity index (χ1) is 12.3. The van der Waals surface area contributed by atoms with Gasteiger partial charge in [-0.2, -0.15) is 0 Å². The smallest absolute Gasteiger partial charge is 0.0361 e. The largest absolute Gasteiger partial charge is 0.135 e. The summed E-state index contributed by atoms with van der Waals surface area (Å²) in [6.45, 7) is 2.26. The molecule has 5 rings (SSSR count). The first-order valence-corrected chi connectivity index (χ1v) is 9.92. The molecule has 0 N–H and O–H groups in total. The zero-order valence-electron chi connectivity index (χ0n) is 14.4. The molecule has 1 heteroatoms. The average molecular weight is 340 g/mol. The number of hydrogen-bond donors (Lipinski definition) is 0. The lowest BCUT2D eigenvalue weighted by Gasteiger charge is -2.05. The first-order valence-electron chi connectivity index (χ1n) is 9.10. The van der Waals surface area contributed by atoms with Gasteiger partial charge in [0, 0.05) is 20.2 Å². The summed E-state index contributed by atoms with van der Waals surface area (Å²) < 4.78 is 2.81. The molecule has 5 aromatic rings. The fourth-order valence-electron chi connectivity index (χ4n) is 3.87. The summed E-state index contributed by atoms with van der Waals surface area (Å²) in [4.78, 5) is 0. The Bertz CT molecular complexity index is 1230. The van der Waals surface area contributed by atoms with Crippen molar-refractivity contribution >= 4 is 53.1 Å². The van der Waals surface area contributed by atoms with E-state index in [4.69, 9.17) is 0 Å². The van der Waals surface area contributed by atoms with Crippen LogP contribution in [0.1, 0.15) is 25.3 Å². The van der Waals surface area contributed by atoms with E-state index in [2.05, 4.69) is 73.7 Å². The van der Waals surface area contributed by atoms with E-state index in [1.54, 1.807) is 0 Å². The van der Waals surface area contributed by atoms with E-state index >= 15 is 0 Å². The van der Waals surface area contributed by atoms with Gasteiger partial charge >= 0.3 is 0 Å². The molecule has 0 bridgehead atoms. The highest BCUT2D eigenvalue weighted by Gasteiger charge is 2.10. The van der Waals surface area contributed by atoms with Crippen LogP contribution in [-0.2, 0) is 6.42 Å². The summed E-state index contributed by atoms with van der Waals surface area (Å²) in [7, 11) is 0. The average Bonchev–Trinajstić information content (AvgIpc) is 3.03. The van der Waals surface area contributed by atoms with E-state index in [1.807, 2.05) is 11.3 Å². The number of fused-ring (bicyclic) bond motifs is 6. The van der Waals surface area contributed by atoms with Crippen LogP contribution in [0, 0.1) is 0 Å². The minimum absolute atomic E-state index is 1.19. The Morgan fingerprint density at radius 2 is 1.56 bits per heavy atom. The fourth-order valence-corrected chi connectivity index (χ4v) is 5.05. The van der Waals surface area contributed by atoms with Crippen LogP contribution in [0.4, 0.5) is 0 Å². The van der Waals surface area contributed by atoms with Crippen molar-refractivity contribution < 1.29 is 0 Å². The van der Waals surface area contributed by atoms with E-state index < -0.39 is 0 Å². The molecule has 0 aliphatic heterocycles. The number of benzene rings is 4. The van der Waals surface area contributed by atoms with Gasteiger partial charge in [-0.05, 0) is 64.2 Å². The molecule has 1 heterocycles. The van der Waals surface area contributed by atoms with Crippen molar-refractivity contribution in [2.75, 3.05) is 0 Å². The van der Waals surface area contributed by atoms with Gasteiger partial charge in [-0.15, -0.1) is 11.3 Å². The van der Waals surface area contributed by atoms with Crippen molar-refractivity contribution in [2.45, 2.75) is 26.2 Å². The highest BCUT2D eigenvalue weighted by atomic mass is 32.1. The van der Waals surface area contributed by atoms with Gasteiger partial charge in [0.25, 0.3) is 0 Å². The third-order valence-corrected chi connectivity index (χ3v) is 6.32. The predicted molar refractivity (Wildman–Crippen MR) is 113 cm³/mol. The monoisotopic (exact) mass is 340 g/mol. The highest BCUT2D eigenvalue weighted by molar-refractivity contribution is 7.26. The Balaban J connectivity index is 1.82. The molecule has 0 atom stereocenters. The standard InChI is InChI=1S/C24H20S/c1-2-3-6-16-9-11-20-23(13-16)25-22-12-10-19-14-17-7-4-5-8-18(17)15-21(19)24(20)22/h4-5,7-15H,2-3,6H2,1H3. The second-order valence-corrected chi connectivity index (χ2v) is 7.98. The van der Waals surface area contributed by atoms with Gasteiger partial charge in [0.15, 0.2) is 0 Å². The summed E-state index contributed by atoms with van der Waals surface area (Å²) in [5, 5.41) is 8.17. The van der Waals surface area contributed by atoms with E-state index in [1.165, 1.54) is 66.5 Å². The van der Waals surface area contributed by atoms with E-state index in [-0.39, 0.29) is 0 Å². The Hall–Kier alpha value is -2.38. The Labute approximate surface area is 151 Å². The summed E-state index contributed by atoms with van der Waals surface area (Å²) in [6, 6.07) is 25.0. The summed E-state index contributed by atoms with van der Waals surface area (Å²) in [5.41, 5.74) is 1.47. The molecule has 0 unspecified atom stereocenters. The van der Waals surface area contributed by atoms with Crippen LogP contribution in [0.5, 0.6) is 0 Å². The molecular weight excluding hydrogens is 320 g/mol.